The fourth-order valence-corrected chi connectivity index (χ4v) is 5.53. The molecule has 0 heterocycles. The van der Waals surface area contributed by atoms with E-state index in [2.05, 4.69) is 79.9 Å². The summed E-state index contributed by atoms with van der Waals surface area (Å²) in [7, 11) is 1.20. The van der Waals surface area contributed by atoms with E-state index in [1.165, 1.54) is 44.9 Å². The third kappa shape index (κ3) is 34.4. The fraction of sp³-hybridized carbons (Fsp3) is 0.683. The van der Waals surface area contributed by atoms with E-state index < -0.39 is 26.6 Å². The first-order valence-corrected chi connectivity index (χ1v) is 20.8. The van der Waals surface area contributed by atoms with E-state index in [1.807, 2.05) is 27.2 Å². The summed E-state index contributed by atoms with van der Waals surface area (Å²) in [5.41, 5.74) is 0. The Morgan fingerprint density at radius 1 is 0.720 bits per heavy atom. The van der Waals surface area contributed by atoms with Gasteiger partial charge in [-0.2, -0.15) is 0 Å². The van der Waals surface area contributed by atoms with Gasteiger partial charge >= 0.3 is 0 Å². The van der Waals surface area contributed by atoms with E-state index >= 15 is 0 Å². The average Bonchev–Trinajstić information content (AvgIpc) is 3.06. The maximum atomic E-state index is 12.8. The number of amides is 1. The van der Waals surface area contributed by atoms with Crippen LogP contribution in [0.25, 0.3) is 0 Å². The summed E-state index contributed by atoms with van der Waals surface area (Å²) in [5, 5.41) is 13.6. The van der Waals surface area contributed by atoms with Gasteiger partial charge in [-0.05, 0) is 70.6 Å². The van der Waals surface area contributed by atoms with Gasteiger partial charge in [0.1, 0.15) is 13.2 Å². The summed E-state index contributed by atoms with van der Waals surface area (Å²) in [6.45, 7) is 4.42. The lowest BCUT2D eigenvalue weighted by Gasteiger charge is -2.29. The summed E-state index contributed by atoms with van der Waals surface area (Å²) in [6, 6.07) is -0.926. The first-order valence-electron chi connectivity index (χ1n) is 19.3. The summed E-state index contributed by atoms with van der Waals surface area (Å²) in [4.78, 5) is 25.1. The van der Waals surface area contributed by atoms with Crippen molar-refractivity contribution in [3.05, 3.63) is 72.9 Å². The summed E-state index contributed by atoms with van der Waals surface area (Å²) < 4.78 is 23.0. The number of carbonyl (C=O) groups excluding carboxylic acids is 1. The molecule has 0 aromatic rings. The number of phosphoric acid groups is 1. The quantitative estimate of drug-likeness (QED) is 0.0303. The molecule has 0 bridgehead atoms. The van der Waals surface area contributed by atoms with Gasteiger partial charge < -0.3 is 28.8 Å². The van der Waals surface area contributed by atoms with Crippen molar-refractivity contribution >= 4 is 13.7 Å². The molecule has 0 aromatic heterocycles. The minimum Gasteiger partial charge on any atom is -0.756 e. The monoisotopic (exact) mass is 721 g/mol. The van der Waals surface area contributed by atoms with E-state index in [0.29, 0.717) is 17.4 Å². The van der Waals surface area contributed by atoms with Gasteiger partial charge in [0, 0.05) is 6.42 Å². The summed E-state index contributed by atoms with van der Waals surface area (Å²) in [6.07, 6.45) is 42.4. The van der Waals surface area contributed by atoms with Crippen molar-refractivity contribution in [1.29, 1.82) is 0 Å². The van der Waals surface area contributed by atoms with Crippen LogP contribution in [-0.2, 0) is 18.4 Å². The Morgan fingerprint density at radius 2 is 1.24 bits per heavy atom. The lowest BCUT2D eigenvalue weighted by molar-refractivity contribution is -0.870. The van der Waals surface area contributed by atoms with Gasteiger partial charge in [0.15, 0.2) is 0 Å². The molecule has 1 amide bonds. The van der Waals surface area contributed by atoms with Gasteiger partial charge in [-0.25, -0.2) is 0 Å². The molecule has 0 aromatic carbocycles. The number of quaternary nitrogens is 1. The number of phosphoric ester groups is 1. The molecule has 9 heteroatoms. The molecule has 0 spiro atoms. The number of rotatable bonds is 33. The van der Waals surface area contributed by atoms with Crippen molar-refractivity contribution in [3.63, 3.8) is 0 Å². The molecule has 288 valence electrons. The molecule has 3 atom stereocenters. The Labute approximate surface area is 306 Å². The number of aliphatic hydroxyl groups is 1. The predicted molar refractivity (Wildman–Crippen MR) is 210 cm³/mol. The van der Waals surface area contributed by atoms with Crippen LogP contribution in [0.2, 0.25) is 0 Å². The average molecular weight is 721 g/mol. The van der Waals surface area contributed by atoms with Crippen LogP contribution in [0, 0.1) is 0 Å². The minimum absolute atomic E-state index is 0.0183. The molecule has 0 aliphatic heterocycles. The zero-order valence-electron chi connectivity index (χ0n) is 32.3. The first-order chi connectivity index (χ1) is 24.0. The molecular formula is C41H73N2O6P. The van der Waals surface area contributed by atoms with Gasteiger partial charge in [0.2, 0.25) is 5.91 Å². The van der Waals surface area contributed by atoms with Gasteiger partial charge in [-0.3, -0.25) is 9.36 Å². The van der Waals surface area contributed by atoms with Gasteiger partial charge in [-0.15, -0.1) is 0 Å². The molecule has 0 aliphatic carbocycles. The van der Waals surface area contributed by atoms with Crippen LogP contribution in [0.5, 0.6) is 0 Å². The molecule has 50 heavy (non-hydrogen) atoms. The Bertz CT molecular complexity index is 1040. The highest BCUT2D eigenvalue weighted by Crippen LogP contribution is 2.38. The van der Waals surface area contributed by atoms with Gasteiger partial charge in [0.25, 0.3) is 7.82 Å². The molecule has 0 saturated heterocycles. The zero-order chi connectivity index (χ0) is 37.2. The van der Waals surface area contributed by atoms with E-state index in [1.54, 1.807) is 6.08 Å². The third-order valence-electron chi connectivity index (χ3n) is 7.90. The normalized spacial score (nSPS) is 15.4. The highest BCUT2D eigenvalue weighted by atomic mass is 31.2. The predicted octanol–water partition coefficient (Wildman–Crippen LogP) is 9.44. The van der Waals surface area contributed by atoms with Crippen LogP contribution in [-0.4, -0.2) is 68.5 Å². The first kappa shape index (κ1) is 47.9. The van der Waals surface area contributed by atoms with Crippen molar-refractivity contribution < 1.29 is 32.9 Å². The van der Waals surface area contributed by atoms with Crippen molar-refractivity contribution in [2.75, 3.05) is 40.9 Å². The SMILES string of the molecule is CC/C=C\C/C=C\C/C=C\C/C=C\CCCCC(=O)NC(COP(=O)([O-])OCC[N+](C)(C)C)C(O)/C=C/CC/C=C/CCCCCCCCC. The van der Waals surface area contributed by atoms with Gasteiger partial charge in [0.05, 0.1) is 39.9 Å². The number of aliphatic hydroxyl groups excluding tert-OH is 1. The lowest BCUT2D eigenvalue weighted by atomic mass is 10.1. The summed E-state index contributed by atoms with van der Waals surface area (Å²) >= 11 is 0. The Hall–Kier alpha value is -2.06. The number of allylic oxidation sites excluding steroid dienone is 11. The number of nitrogens with zero attached hydrogens (tertiary/aromatic N) is 1. The largest absolute Gasteiger partial charge is 0.756 e. The zero-order valence-corrected chi connectivity index (χ0v) is 33.2. The second-order valence-electron chi connectivity index (χ2n) is 13.9. The van der Waals surface area contributed by atoms with Crippen LogP contribution in [0.3, 0.4) is 0 Å². The van der Waals surface area contributed by atoms with Crippen LogP contribution in [0.15, 0.2) is 72.9 Å². The Morgan fingerprint density at radius 3 is 1.86 bits per heavy atom. The van der Waals surface area contributed by atoms with Crippen molar-refractivity contribution in [2.45, 2.75) is 142 Å². The number of hydrogen-bond acceptors (Lipinski definition) is 6. The fourth-order valence-electron chi connectivity index (χ4n) is 4.80. The second-order valence-corrected chi connectivity index (χ2v) is 15.3. The van der Waals surface area contributed by atoms with Crippen molar-refractivity contribution in [1.82, 2.24) is 5.32 Å². The number of carbonyl (C=O) groups is 1. The smallest absolute Gasteiger partial charge is 0.268 e. The number of nitrogens with one attached hydrogen (secondary N) is 1. The second kappa shape index (κ2) is 32.8. The molecule has 0 saturated carbocycles. The number of hydrogen-bond donors (Lipinski definition) is 2. The van der Waals surface area contributed by atoms with E-state index in [4.69, 9.17) is 9.05 Å². The lowest BCUT2D eigenvalue weighted by Crippen LogP contribution is -2.45. The maximum Gasteiger partial charge on any atom is 0.268 e. The maximum absolute atomic E-state index is 12.8. The molecule has 2 N–H and O–H groups in total. The molecule has 0 fully saturated rings. The highest BCUT2D eigenvalue weighted by Gasteiger charge is 2.23. The molecular weight excluding hydrogens is 647 g/mol. The van der Waals surface area contributed by atoms with E-state index in [0.717, 1.165) is 57.8 Å². The van der Waals surface area contributed by atoms with Crippen molar-refractivity contribution in [3.8, 4) is 0 Å². The van der Waals surface area contributed by atoms with Crippen LogP contribution < -0.4 is 10.2 Å². The third-order valence-corrected chi connectivity index (χ3v) is 8.86. The molecule has 8 nitrogen and oxygen atoms in total. The Kier molecular flexibility index (Phi) is 31.5. The topological polar surface area (TPSA) is 108 Å². The number of unbranched alkanes of at least 4 members (excludes halogenated alkanes) is 10. The van der Waals surface area contributed by atoms with Gasteiger partial charge in [-0.1, -0.05) is 125 Å². The van der Waals surface area contributed by atoms with Crippen LogP contribution in [0.4, 0.5) is 0 Å². The molecule has 0 aliphatic rings. The molecule has 0 rings (SSSR count). The van der Waals surface area contributed by atoms with E-state index in [9.17, 15) is 19.4 Å². The minimum atomic E-state index is -4.60. The van der Waals surface area contributed by atoms with Crippen molar-refractivity contribution in [2.24, 2.45) is 0 Å². The van der Waals surface area contributed by atoms with Crippen LogP contribution >= 0.6 is 7.82 Å². The standard InChI is InChI=1S/C41H73N2O6P/c1-6-8-10-12-14-16-18-20-21-23-25-27-29-31-33-35-41(45)42-39(38-49-50(46,47)48-37-36-43(3,4)5)40(44)34-32-30-28-26-24-22-19-17-15-13-11-9-7-2/h8,10,14,16,20-21,24-27,32,34,39-40,44H,6-7,9,11-13,15,17-19,22-23,28-31,33,35-38H2,1-5H3,(H-,42,45,46,47)/b10-8-,16-14-,21-20-,26-24+,27-25-,34-32+. The molecule has 3 unspecified atom stereocenters. The number of likely N-dealkylation sites (N-methyl/N-ethyl adjacent to an activating group) is 1. The Balaban J connectivity index is 4.69. The summed E-state index contributed by atoms with van der Waals surface area (Å²) in [5.74, 6) is -0.254. The highest BCUT2D eigenvalue weighted by molar-refractivity contribution is 7.45. The van der Waals surface area contributed by atoms with E-state index in [-0.39, 0.29) is 18.9 Å². The molecule has 0 radical (unpaired) electrons. The van der Waals surface area contributed by atoms with Crippen LogP contribution in [0.1, 0.15) is 129 Å².